The highest BCUT2D eigenvalue weighted by Gasteiger charge is 2.13. The molecule has 5 heteroatoms. The topological polar surface area (TPSA) is 74.2 Å². The zero-order chi connectivity index (χ0) is 14.3. The van der Waals surface area contributed by atoms with Gasteiger partial charge >= 0.3 is 6.03 Å². The Balaban J connectivity index is 2.31. The molecule has 0 aliphatic carbocycles. The number of nitrogens with zero attached hydrogens (tertiary/aromatic N) is 1. The van der Waals surface area contributed by atoms with Gasteiger partial charge in [-0.1, -0.05) is 26.3 Å². The van der Waals surface area contributed by atoms with Crippen LogP contribution in [0.4, 0.5) is 4.79 Å². The molecule has 2 unspecified atom stereocenters. The van der Waals surface area contributed by atoms with E-state index in [2.05, 4.69) is 15.6 Å². The largest absolute Gasteiger partial charge is 0.391 e. The third-order valence-corrected chi connectivity index (χ3v) is 3.31. The van der Waals surface area contributed by atoms with Gasteiger partial charge in [0, 0.05) is 12.7 Å². The predicted octanol–water partition coefficient (Wildman–Crippen LogP) is 1.60. The lowest BCUT2D eigenvalue weighted by Crippen LogP contribution is -2.41. The number of amides is 2. The smallest absolute Gasteiger partial charge is 0.315 e. The molecule has 3 N–H and O–H groups in total. The van der Waals surface area contributed by atoms with Gasteiger partial charge in [-0.2, -0.15) is 0 Å². The molecule has 19 heavy (non-hydrogen) atoms. The maximum atomic E-state index is 11.6. The fourth-order valence-electron chi connectivity index (χ4n) is 1.60. The summed E-state index contributed by atoms with van der Waals surface area (Å²) in [6.45, 7) is 6.58. The molecule has 106 valence electrons. The van der Waals surface area contributed by atoms with E-state index in [0.717, 1.165) is 17.7 Å². The van der Waals surface area contributed by atoms with Crippen LogP contribution in [0.3, 0.4) is 0 Å². The second-order valence-electron chi connectivity index (χ2n) is 4.78. The van der Waals surface area contributed by atoms with Gasteiger partial charge in [-0.15, -0.1) is 0 Å². The second kappa shape index (κ2) is 7.74. The molecule has 0 fully saturated rings. The maximum Gasteiger partial charge on any atom is 0.315 e. The van der Waals surface area contributed by atoms with Crippen molar-refractivity contribution in [3.63, 3.8) is 0 Å². The molecule has 0 bridgehead atoms. The number of hydrogen-bond acceptors (Lipinski definition) is 3. The average Bonchev–Trinajstić information content (AvgIpc) is 2.42. The van der Waals surface area contributed by atoms with E-state index in [0.29, 0.717) is 6.54 Å². The van der Waals surface area contributed by atoms with E-state index in [9.17, 15) is 9.90 Å². The molecular formula is C14H23N3O2. The Labute approximate surface area is 114 Å². The zero-order valence-corrected chi connectivity index (χ0v) is 11.8. The first kappa shape index (κ1) is 15.4. The molecule has 0 aliphatic heterocycles. The molecule has 1 aromatic heterocycles. The van der Waals surface area contributed by atoms with E-state index < -0.39 is 6.10 Å². The first-order valence-corrected chi connectivity index (χ1v) is 6.64. The van der Waals surface area contributed by atoms with Gasteiger partial charge in [-0.3, -0.25) is 4.98 Å². The van der Waals surface area contributed by atoms with Crippen molar-refractivity contribution in [1.82, 2.24) is 15.6 Å². The lowest BCUT2D eigenvalue weighted by Gasteiger charge is -2.17. The molecule has 0 saturated carbocycles. The summed E-state index contributed by atoms with van der Waals surface area (Å²) >= 11 is 0. The molecule has 0 radical (unpaired) electrons. The molecule has 0 saturated heterocycles. The van der Waals surface area contributed by atoms with E-state index >= 15 is 0 Å². The summed E-state index contributed by atoms with van der Waals surface area (Å²) < 4.78 is 0. The standard InChI is InChI=1S/C14H23N3O2/c1-4-10(2)13(18)9-17-14(19)16-8-12-11(3)6-5-7-15-12/h5-7,10,13,18H,4,8-9H2,1-3H3,(H2,16,17,19). The average molecular weight is 265 g/mol. The summed E-state index contributed by atoms with van der Waals surface area (Å²) in [6, 6.07) is 3.53. The van der Waals surface area contributed by atoms with Gasteiger partial charge in [0.15, 0.2) is 0 Å². The van der Waals surface area contributed by atoms with Crippen LogP contribution in [-0.4, -0.2) is 28.8 Å². The normalized spacial score (nSPS) is 13.7. The van der Waals surface area contributed by atoms with Gasteiger partial charge in [0.05, 0.1) is 18.3 Å². The highest BCUT2D eigenvalue weighted by molar-refractivity contribution is 5.73. The highest BCUT2D eigenvalue weighted by atomic mass is 16.3. The number of carbonyl (C=O) groups is 1. The second-order valence-corrected chi connectivity index (χ2v) is 4.78. The van der Waals surface area contributed by atoms with Gasteiger partial charge in [0.25, 0.3) is 0 Å². The highest BCUT2D eigenvalue weighted by Crippen LogP contribution is 2.06. The van der Waals surface area contributed by atoms with Crippen LogP contribution < -0.4 is 10.6 Å². The first-order chi connectivity index (χ1) is 9.04. The van der Waals surface area contributed by atoms with Gasteiger partial charge in [-0.05, 0) is 24.5 Å². The van der Waals surface area contributed by atoms with Crippen LogP contribution in [0.2, 0.25) is 0 Å². The van der Waals surface area contributed by atoms with Crippen LogP contribution in [0.25, 0.3) is 0 Å². The summed E-state index contributed by atoms with van der Waals surface area (Å²) in [4.78, 5) is 15.8. The Kier molecular flexibility index (Phi) is 6.29. The minimum Gasteiger partial charge on any atom is -0.391 e. The summed E-state index contributed by atoms with van der Waals surface area (Å²) in [5.74, 6) is 0.179. The van der Waals surface area contributed by atoms with Crippen molar-refractivity contribution in [2.75, 3.05) is 6.54 Å². The summed E-state index contributed by atoms with van der Waals surface area (Å²) in [5, 5.41) is 15.1. The van der Waals surface area contributed by atoms with E-state index in [1.165, 1.54) is 0 Å². The van der Waals surface area contributed by atoms with Gasteiger partial charge in [0.2, 0.25) is 0 Å². The third-order valence-electron chi connectivity index (χ3n) is 3.31. The Bertz CT molecular complexity index is 409. The van der Waals surface area contributed by atoms with Crippen LogP contribution in [0.5, 0.6) is 0 Å². The Morgan fingerprint density at radius 3 is 2.84 bits per heavy atom. The minimum absolute atomic E-state index is 0.179. The van der Waals surface area contributed by atoms with Crippen LogP contribution >= 0.6 is 0 Å². The number of carbonyl (C=O) groups excluding carboxylic acids is 1. The van der Waals surface area contributed by atoms with Crippen molar-refractivity contribution >= 4 is 6.03 Å². The quantitative estimate of drug-likeness (QED) is 0.731. The summed E-state index contributed by atoms with van der Waals surface area (Å²) in [5.41, 5.74) is 1.89. The van der Waals surface area contributed by atoms with Crippen molar-refractivity contribution in [3.8, 4) is 0 Å². The molecule has 1 rings (SSSR count). The van der Waals surface area contributed by atoms with E-state index in [1.54, 1.807) is 6.20 Å². The fourth-order valence-corrected chi connectivity index (χ4v) is 1.60. The molecule has 2 atom stereocenters. The lowest BCUT2D eigenvalue weighted by molar-refractivity contribution is 0.114. The monoisotopic (exact) mass is 265 g/mol. The number of aliphatic hydroxyl groups excluding tert-OH is 1. The number of pyridine rings is 1. The van der Waals surface area contributed by atoms with Crippen molar-refractivity contribution in [2.24, 2.45) is 5.92 Å². The van der Waals surface area contributed by atoms with Gasteiger partial charge < -0.3 is 15.7 Å². The molecule has 1 aromatic rings. The predicted molar refractivity (Wildman–Crippen MR) is 74.7 cm³/mol. The number of aromatic nitrogens is 1. The number of hydrogen-bond donors (Lipinski definition) is 3. The Hall–Kier alpha value is -1.62. The number of nitrogens with one attached hydrogen (secondary N) is 2. The van der Waals surface area contributed by atoms with Crippen LogP contribution in [0.1, 0.15) is 31.5 Å². The Morgan fingerprint density at radius 2 is 2.21 bits per heavy atom. The van der Waals surface area contributed by atoms with Crippen molar-refractivity contribution in [3.05, 3.63) is 29.6 Å². The summed E-state index contributed by atoms with van der Waals surface area (Å²) in [7, 11) is 0. The van der Waals surface area contributed by atoms with Gasteiger partial charge in [-0.25, -0.2) is 4.79 Å². The van der Waals surface area contributed by atoms with E-state index in [4.69, 9.17) is 0 Å². The lowest BCUT2D eigenvalue weighted by atomic mass is 10.0. The number of aliphatic hydroxyl groups is 1. The number of urea groups is 1. The minimum atomic E-state index is -0.507. The van der Waals surface area contributed by atoms with Gasteiger partial charge in [0.1, 0.15) is 0 Å². The molecule has 5 nitrogen and oxygen atoms in total. The van der Waals surface area contributed by atoms with E-state index in [-0.39, 0.29) is 18.5 Å². The molecule has 0 spiro atoms. The van der Waals surface area contributed by atoms with Crippen LogP contribution in [0.15, 0.2) is 18.3 Å². The molecule has 2 amide bonds. The van der Waals surface area contributed by atoms with E-state index in [1.807, 2.05) is 32.9 Å². The van der Waals surface area contributed by atoms with Crippen molar-refractivity contribution in [1.29, 1.82) is 0 Å². The van der Waals surface area contributed by atoms with Crippen molar-refractivity contribution in [2.45, 2.75) is 39.8 Å². The Morgan fingerprint density at radius 1 is 1.47 bits per heavy atom. The fraction of sp³-hybridized carbons (Fsp3) is 0.571. The molecule has 0 aromatic carbocycles. The molecular weight excluding hydrogens is 242 g/mol. The SMILES string of the molecule is CCC(C)C(O)CNC(=O)NCc1ncccc1C. The first-order valence-electron chi connectivity index (χ1n) is 6.64. The van der Waals surface area contributed by atoms with Crippen molar-refractivity contribution < 1.29 is 9.90 Å². The maximum absolute atomic E-state index is 11.6. The number of rotatable bonds is 6. The zero-order valence-electron chi connectivity index (χ0n) is 11.8. The number of aryl methyl sites for hydroxylation is 1. The molecule has 1 heterocycles. The summed E-state index contributed by atoms with van der Waals surface area (Å²) in [6.07, 6.45) is 2.08. The molecule has 0 aliphatic rings. The van der Waals surface area contributed by atoms with Crippen LogP contribution in [0, 0.1) is 12.8 Å². The third kappa shape index (κ3) is 5.26. The van der Waals surface area contributed by atoms with Crippen LogP contribution in [-0.2, 0) is 6.54 Å².